The molecule has 1 saturated carbocycles. The minimum atomic E-state index is -0.391. The van der Waals surface area contributed by atoms with Crippen LogP contribution in [0.3, 0.4) is 0 Å². The Balaban J connectivity index is 1.20. The highest BCUT2D eigenvalue weighted by Crippen LogP contribution is 2.39. The number of amides is 2. The van der Waals surface area contributed by atoms with Gasteiger partial charge in [-0.15, -0.1) is 0 Å². The lowest BCUT2D eigenvalue weighted by atomic mass is 9.73. The molecule has 0 unspecified atom stereocenters. The number of nitrogens with zero attached hydrogens (tertiary/aromatic N) is 1. The Morgan fingerprint density at radius 3 is 2.80 bits per heavy atom. The Kier molecular flexibility index (Phi) is 4.10. The van der Waals surface area contributed by atoms with Crippen LogP contribution < -0.4 is 10.1 Å². The number of ether oxygens (including phenoxy) is 1. The first-order chi connectivity index (χ1) is 11.9. The van der Waals surface area contributed by atoms with Crippen LogP contribution in [-0.2, 0) is 9.59 Å². The van der Waals surface area contributed by atoms with Crippen molar-refractivity contribution >= 4 is 23.4 Å². The molecule has 2 amide bonds. The second-order valence-corrected chi connectivity index (χ2v) is 7.85. The highest BCUT2D eigenvalue weighted by Gasteiger charge is 2.51. The highest BCUT2D eigenvalue weighted by molar-refractivity contribution is 6.32. The molecule has 2 saturated heterocycles. The van der Waals surface area contributed by atoms with E-state index in [0.717, 1.165) is 19.3 Å². The first-order valence-corrected chi connectivity index (χ1v) is 9.00. The van der Waals surface area contributed by atoms with Gasteiger partial charge in [0, 0.05) is 25.4 Å². The average molecular weight is 367 g/mol. The van der Waals surface area contributed by atoms with E-state index in [-0.39, 0.29) is 28.3 Å². The number of benzene rings is 1. The summed E-state index contributed by atoms with van der Waals surface area (Å²) >= 11 is 5.94. The number of rotatable bonds is 4. The number of hydrogen-bond acceptors (Lipinski definition) is 3. The molecule has 1 aromatic carbocycles. The second-order valence-electron chi connectivity index (χ2n) is 7.44. The lowest BCUT2D eigenvalue weighted by Crippen LogP contribution is -2.69. The van der Waals surface area contributed by atoms with Gasteiger partial charge in [0.05, 0.1) is 17.2 Å². The summed E-state index contributed by atoms with van der Waals surface area (Å²) in [5, 5.41) is 3.25. The topological polar surface area (TPSA) is 58.6 Å². The summed E-state index contributed by atoms with van der Waals surface area (Å²) in [6.45, 7) is 1.76. The maximum atomic E-state index is 13.0. The number of halogens is 2. The van der Waals surface area contributed by atoms with Crippen LogP contribution in [0.5, 0.6) is 5.75 Å². The van der Waals surface area contributed by atoms with Crippen LogP contribution in [0.25, 0.3) is 0 Å². The predicted octanol–water partition coefficient (Wildman–Crippen LogP) is 2.38. The van der Waals surface area contributed by atoms with Crippen LogP contribution in [0.1, 0.15) is 25.7 Å². The lowest BCUT2D eigenvalue weighted by Gasteiger charge is -2.50. The third-order valence-corrected chi connectivity index (χ3v) is 5.78. The van der Waals surface area contributed by atoms with Crippen LogP contribution in [0.15, 0.2) is 18.2 Å². The summed E-state index contributed by atoms with van der Waals surface area (Å²) in [4.78, 5) is 25.6. The largest absolute Gasteiger partial charge is 0.492 e. The van der Waals surface area contributed by atoms with Crippen molar-refractivity contribution in [3.05, 3.63) is 29.0 Å². The van der Waals surface area contributed by atoms with Crippen molar-refractivity contribution in [3.8, 4) is 5.75 Å². The van der Waals surface area contributed by atoms with Crippen molar-refractivity contribution in [2.75, 3.05) is 19.7 Å². The third kappa shape index (κ3) is 3.19. The van der Waals surface area contributed by atoms with Gasteiger partial charge in [-0.25, -0.2) is 4.39 Å². The molecule has 0 aromatic heterocycles. The molecule has 2 heterocycles. The Morgan fingerprint density at radius 2 is 2.16 bits per heavy atom. The Morgan fingerprint density at radius 1 is 1.40 bits per heavy atom. The van der Waals surface area contributed by atoms with Crippen LogP contribution in [0.4, 0.5) is 4.39 Å². The molecule has 7 heteroatoms. The van der Waals surface area contributed by atoms with Gasteiger partial charge in [-0.3, -0.25) is 9.59 Å². The third-order valence-electron chi connectivity index (χ3n) is 5.49. The van der Waals surface area contributed by atoms with E-state index in [2.05, 4.69) is 5.32 Å². The molecule has 3 fully saturated rings. The summed E-state index contributed by atoms with van der Waals surface area (Å²) in [6, 6.07) is 4.07. The van der Waals surface area contributed by atoms with Crippen LogP contribution in [-0.4, -0.2) is 41.9 Å². The molecule has 0 atom stereocenters. The highest BCUT2D eigenvalue weighted by atomic mass is 35.5. The standard InChI is InChI=1S/C18H20ClFN2O3/c19-14-7-13(20)1-2-15(14)25-8-11-5-12(6-11)17(24)22-9-18(10-22)4-3-16(23)21-18/h1-2,7,11-12H,3-6,8-10H2,(H,21,23). The van der Waals surface area contributed by atoms with Gasteiger partial charge in [0.2, 0.25) is 11.8 Å². The molecular weight excluding hydrogens is 347 g/mol. The smallest absolute Gasteiger partial charge is 0.225 e. The fraction of sp³-hybridized carbons (Fsp3) is 0.556. The van der Waals surface area contributed by atoms with Gasteiger partial charge in [0.15, 0.2) is 0 Å². The number of carbonyl (C=O) groups is 2. The van der Waals surface area contributed by atoms with Crippen molar-refractivity contribution in [3.63, 3.8) is 0 Å². The number of hydrogen-bond donors (Lipinski definition) is 1. The van der Waals surface area contributed by atoms with Crippen LogP contribution in [0.2, 0.25) is 5.02 Å². The summed E-state index contributed by atoms with van der Waals surface area (Å²) < 4.78 is 18.6. The van der Waals surface area contributed by atoms with Crippen molar-refractivity contribution in [1.82, 2.24) is 10.2 Å². The van der Waals surface area contributed by atoms with E-state index < -0.39 is 5.82 Å². The summed E-state index contributed by atoms with van der Waals surface area (Å²) in [6.07, 6.45) is 2.99. The minimum absolute atomic E-state index is 0.0479. The van der Waals surface area contributed by atoms with E-state index in [9.17, 15) is 14.0 Å². The maximum Gasteiger partial charge on any atom is 0.225 e. The van der Waals surface area contributed by atoms with Crippen LogP contribution >= 0.6 is 11.6 Å². The molecule has 3 aliphatic rings. The molecule has 134 valence electrons. The predicted molar refractivity (Wildman–Crippen MR) is 89.8 cm³/mol. The van der Waals surface area contributed by atoms with Gasteiger partial charge in [-0.05, 0) is 43.4 Å². The number of nitrogens with one attached hydrogen (secondary N) is 1. The molecule has 0 bridgehead atoms. The van der Waals surface area contributed by atoms with Gasteiger partial charge in [-0.2, -0.15) is 0 Å². The molecule has 0 radical (unpaired) electrons. The zero-order valence-corrected chi connectivity index (χ0v) is 14.5. The van der Waals surface area contributed by atoms with Crippen LogP contribution in [0, 0.1) is 17.7 Å². The monoisotopic (exact) mass is 366 g/mol. The zero-order chi connectivity index (χ0) is 17.6. The van der Waals surface area contributed by atoms with Gasteiger partial charge >= 0.3 is 0 Å². The molecule has 1 aliphatic carbocycles. The van der Waals surface area contributed by atoms with E-state index in [1.54, 1.807) is 0 Å². The maximum absolute atomic E-state index is 13.0. The van der Waals surface area contributed by atoms with Crippen molar-refractivity contribution < 1.29 is 18.7 Å². The Hall–Kier alpha value is -1.82. The molecule has 1 spiro atoms. The lowest BCUT2D eigenvalue weighted by molar-refractivity contribution is -0.149. The second kappa shape index (κ2) is 6.16. The summed E-state index contributed by atoms with van der Waals surface area (Å²) in [7, 11) is 0. The SMILES string of the molecule is O=C1CCC2(CN(C(=O)C3CC(COc4ccc(F)cc4Cl)C3)C2)N1. The summed E-state index contributed by atoms with van der Waals surface area (Å²) in [5.74, 6) is 0.718. The van der Waals surface area contributed by atoms with Gasteiger partial charge in [0.1, 0.15) is 11.6 Å². The quantitative estimate of drug-likeness (QED) is 0.890. The average Bonchev–Trinajstić information content (AvgIpc) is 2.88. The van der Waals surface area contributed by atoms with Gasteiger partial charge in [0.25, 0.3) is 0 Å². The molecule has 1 N–H and O–H groups in total. The molecule has 5 nitrogen and oxygen atoms in total. The van der Waals surface area contributed by atoms with E-state index in [4.69, 9.17) is 16.3 Å². The van der Waals surface area contributed by atoms with E-state index in [1.807, 2.05) is 4.90 Å². The minimum Gasteiger partial charge on any atom is -0.492 e. The summed E-state index contributed by atoms with van der Waals surface area (Å²) in [5.41, 5.74) is -0.154. The van der Waals surface area contributed by atoms with Crippen molar-refractivity contribution in [2.24, 2.45) is 11.8 Å². The van der Waals surface area contributed by atoms with Crippen molar-refractivity contribution in [1.29, 1.82) is 0 Å². The van der Waals surface area contributed by atoms with Gasteiger partial charge < -0.3 is 15.0 Å². The Labute approximate surface area is 150 Å². The normalized spacial score (nSPS) is 26.8. The van der Waals surface area contributed by atoms with Crippen molar-refractivity contribution in [2.45, 2.75) is 31.2 Å². The fourth-order valence-electron chi connectivity index (χ4n) is 3.98. The first kappa shape index (κ1) is 16.6. The Bertz CT molecular complexity index is 714. The molecule has 1 aromatic rings. The fourth-order valence-corrected chi connectivity index (χ4v) is 4.20. The first-order valence-electron chi connectivity index (χ1n) is 8.62. The number of carbonyl (C=O) groups excluding carboxylic acids is 2. The van der Waals surface area contributed by atoms with E-state index >= 15 is 0 Å². The van der Waals surface area contributed by atoms with Gasteiger partial charge in [-0.1, -0.05) is 11.6 Å². The zero-order valence-electron chi connectivity index (χ0n) is 13.8. The molecular formula is C18H20ClFN2O3. The molecule has 4 rings (SSSR count). The number of likely N-dealkylation sites (tertiary alicyclic amines) is 1. The van der Waals surface area contributed by atoms with E-state index in [1.165, 1.54) is 18.2 Å². The van der Waals surface area contributed by atoms with E-state index in [0.29, 0.717) is 37.8 Å². The molecule has 2 aliphatic heterocycles. The molecule has 25 heavy (non-hydrogen) atoms.